The molecule has 0 spiro atoms. The van der Waals surface area contributed by atoms with Crippen molar-refractivity contribution in [2.24, 2.45) is 23.0 Å². The summed E-state index contributed by atoms with van der Waals surface area (Å²) < 4.78 is 6.50. The molecular formula is C18H35NO. The molecule has 0 aliphatic heterocycles. The van der Waals surface area contributed by atoms with Crippen molar-refractivity contribution in [3.8, 4) is 0 Å². The van der Waals surface area contributed by atoms with Crippen LogP contribution in [-0.4, -0.2) is 18.2 Å². The molecule has 2 rings (SSSR count). The third kappa shape index (κ3) is 4.46. The summed E-state index contributed by atoms with van der Waals surface area (Å²) in [4.78, 5) is 0. The Balaban J connectivity index is 1.90. The Morgan fingerprint density at radius 2 is 1.90 bits per heavy atom. The van der Waals surface area contributed by atoms with Crippen LogP contribution >= 0.6 is 0 Å². The first-order valence-corrected chi connectivity index (χ1v) is 8.80. The van der Waals surface area contributed by atoms with Gasteiger partial charge in [-0.1, -0.05) is 40.5 Å². The average Bonchev–Trinajstić information content (AvgIpc) is 2.31. The maximum absolute atomic E-state index is 6.50. The van der Waals surface area contributed by atoms with Gasteiger partial charge in [0.1, 0.15) is 0 Å². The van der Waals surface area contributed by atoms with Gasteiger partial charge in [-0.05, 0) is 55.8 Å². The van der Waals surface area contributed by atoms with E-state index >= 15 is 0 Å². The minimum absolute atomic E-state index is 0.267. The van der Waals surface area contributed by atoms with Crippen LogP contribution in [0.2, 0.25) is 0 Å². The second-order valence-corrected chi connectivity index (χ2v) is 8.34. The lowest BCUT2D eigenvalue weighted by Gasteiger charge is -2.42. The van der Waals surface area contributed by atoms with Crippen molar-refractivity contribution in [3.63, 3.8) is 0 Å². The smallest absolute Gasteiger partial charge is 0.0732 e. The minimum atomic E-state index is 0.267. The first-order chi connectivity index (χ1) is 9.39. The molecule has 118 valence electrons. The van der Waals surface area contributed by atoms with Crippen LogP contribution in [0.15, 0.2) is 0 Å². The van der Waals surface area contributed by atoms with Gasteiger partial charge in [0, 0.05) is 6.04 Å². The van der Waals surface area contributed by atoms with E-state index in [-0.39, 0.29) is 6.04 Å². The topological polar surface area (TPSA) is 35.2 Å². The number of nitrogens with two attached hydrogens (primary N) is 1. The Morgan fingerprint density at radius 3 is 2.55 bits per heavy atom. The maximum atomic E-state index is 6.50. The lowest BCUT2D eigenvalue weighted by Crippen LogP contribution is -2.45. The Labute approximate surface area is 125 Å². The van der Waals surface area contributed by atoms with Crippen LogP contribution in [0.3, 0.4) is 0 Å². The first-order valence-electron chi connectivity index (χ1n) is 8.80. The maximum Gasteiger partial charge on any atom is 0.0732 e. The molecule has 2 aliphatic carbocycles. The van der Waals surface area contributed by atoms with Crippen LogP contribution < -0.4 is 5.73 Å². The summed E-state index contributed by atoms with van der Waals surface area (Å²) in [6, 6.07) is 0.267. The number of ether oxygens (including phenoxy) is 1. The van der Waals surface area contributed by atoms with Crippen molar-refractivity contribution in [2.75, 3.05) is 0 Å². The zero-order valence-corrected chi connectivity index (χ0v) is 14.0. The normalized spacial score (nSPS) is 41.5. The highest BCUT2D eigenvalue weighted by Crippen LogP contribution is 2.41. The molecule has 2 heteroatoms. The van der Waals surface area contributed by atoms with E-state index in [4.69, 9.17) is 10.5 Å². The van der Waals surface area contributed by atoms with Crippen molar-refractivity contribution in [2.45, 2.75) is 97.3 Å². The van der Waals surface area contributed by atoms with Crippen molar-refractivity contribution in [1.29, 1.82) is 0 Å². The Hall–Kier alpha value is -0.0800. The van der Waals surface area contributed by atoms with Crippen LogP contribution in [-0.2, 0) is 4.74 Å². The van der Waals surface area contributed by atoms with Gasteiger partial charge in [0.2, 0.25) is 0 Å². The fourth-order valence-electron chi connectivity index (χ4n) is 4.67. The van der Waals surface area contributed by atoms with Crippen molar-refractivity contribution in [1.82, 2.24) is 0 Å². The zero-order chi connectivity index (χ0) is 14.8. The van der Waals surface area contributed by atoms with E-state index in [1.165, 1.54) is 44.9 Å². The Bertz CT molecular complexity index is 302. The lowest BCUT2D eigenvalue weighted by molar-refractivity contribution is -0.0904. The summed E-state index contributed by atoms with van der Waals surface area (Å²) in [6.45, 7) is 9.44. The predicted octanol–water partition coefficient (Wildman–Crippen LogP) is 4.51. The van der Waals surface area contributed by atoms with Crippen LogP contribution in [0.25, 0.3) is 0 Å². The summed E-state index contributed by atoms with van der Waals surface area (Å²) >= 11 is 0. The molecule has 5 atom stereocenters. The number of hydrogen-bond donors (Lipinski definition) is 1. The second kappa shape index (κ2) is 6.79. The number of rotatable bonds is 4. The van der Waals surface area contributed by atoms with Gasteiger partial charge in [0.25, 0.3) is 0 Å². The largest absolute Gasteiger partial charge is 0.373 e. The predicted molar refractivity (Wildman–Crippen MR) is 85.7 cm³/mol. The minimum Gasteiger partial charge on any atom is -0.373 e. The fourth-order valence-corrected chi connectivity index (χ4v) is 4.67. The van der Waals surface area contributed by atoms with E-state index in [9.17, 15) is 0 Å². The highest BCUT2D eigenvalue weighted by molar-refractivity contribution is 4.88. The molecule has 0 bridgehead atoms. The van der Waals surface area contributed by atoms with Crippen LogP contribution in [0.4, 0.5) is 0 Å². The molecule has 0 aromatic rings. The van der Waals surface area contributed by atoms with Crippen molar-refractivity contribution >= 4 is 0 Å². The van der Waals surface area contributed by atoms with Gasteiger partial charge in [-0.25, -0.2) is 0 Å². The quantitative estimate of drug-likeness (QED) is 0.822. The molecule has 0 aromatic heterocycles. The first kappa shape index (κ1) is 16.3. The monoisotopic (exact) mass is 281 g/mol. The summed E-state index contributed by atoms with van der Waals surface area (Å²) in [5.74, 6) is 1.63. The Morgan fingerprint density at radius 1 is 1.15 bits per heavy atom. The molecule has 0 heterocycles. The average molecular weight is 281 g/mol. The molecule has 2 aliphatic rings. The van der Waals surface area contributed by atoms with E-state index in [0.29, 0.717) is 17.6 Å². The van der Waals surface area contributed by atoms with Gasteiger partial charge in [-0.3, -0.25) is 0 Å². The molecule has 5 unspecified atom stereocenters. The van der Waals surface area contributed by atoms with Crippen LogP contribution in [0.5, 0.6) is 0 Å². The molecule has 2 N–H and O–H groups in total. The van der Waals surface area contributed by atoms with Crippen molar-refractivity contribution < 1.29 is 4.74 Å². The SMILES string of the molecule is CCCC1CCC(N)C(OC2CC(C)CC(C)(C)C2)C1. The molecule has 0 amide bonds. The van der Waals surface area contributed by atoms with Gasteiger partial charge in [0.15, 0.2) is 0 Å². The third-order valence-corrected chi connectivity index (χ3v) is 5.36. The van der Waals surface area contributed by atoms with E-state index in [2.05, 4.69) is 27.7 Å². The van der Waals surface area contributed by atoms with E-state index in [1.54, 1.807) is 0 Å². The molecule has 2 nitrogen and oxygen atoms in total. The van der Waals surface area contributed by atoms with Gasteiger partial charge in [-0.2, -0.15) is 0 Å². The fraction of sp³-hybridized carbons (Fsp3) is 1.00. The molecule has 0 saturated heterocycles. The van der Waals surface area contributed by atoms with Crippen LogP contribution in [0.1, 0.15) is 79.1 Å². The zero-order valence-electron chi connectivity index (χ0n) is 14.0. The molecule has 2 fully saturated rings. The summed E-state index contributed by atoms with van der Waals surface area (Å²) in [7, 11) is 0. The molecule has 20 heavy (non-hydrogen) atoms. The standard InChI is InChI=1S/C18H35NO/c1-5-6-14-7-8-16(19)17(10-14)20-15-9-13(2)11-18(3,4)12-15/h13-17H,5-12,19H2,1-4H3. The third-order valence-electron chi connectivity index (χ3n) is 5.36. The molecule has 2 saturated carbocycles. The van der Waals surface area contributed by atoms with E-state index in [1.807, 2.05) is 0 Å². The summed E-state index contributed by atoms with van der Waals surface area (Å²) in [5, 5.41) is 0. The molecule has 0 radical (unpaired) electrons. The highest BCUT2D eigenvalue weighted by atomic mass is 16.5. The molecular weight excluding hydrogens is 246 g/mol. The highest BCUT2D eigenvalue weighted by Gasteiger charge is 2.36. The number of hydrogen-bond acceptors (Lipinski definition) is 2. The lowest BCUT2D eigenvalue weighted by atomic mass is 9.71. The van der Waals surface area contributed by atoms with E-state index in [0.717, 1.165) is 18.3 Å². The van der Waals surface area contributed by atoms with Gasteiger partial charge in [-0.15, -0.1) is 0 Å². The summed E-state index contributed by atoms with van der Waals surface area (Å²) in [5.41, 5.74) is 6.77. The van der Waals surface area contributed by atoms with Crippen molar-refractivity contribution in [3.05, 3.63) is 0 Å². The van der Waals surface area contributed by atoms with E-state index < -0.39 is 0 Å². The van der Waals surface area contributed by atoms with Gasteiger partial charge < -0.3 is 10.5 Å². The second-order valence-electron chi connectivity index (χ2n) is 8.34. The summed E-state index contributed by atoms with van der Waals surface area (Å²) in [6.07, 6.45) is 10.8. The van der Waals surface area contributed by atoms with Gasteiger partial charge in [0.05, 0.1) is 12.2 Å². The van der Waals surface area contributed by atoms with Gasteiger partial charge >= 0.3 is 0 Å². The molecule has 0 aromatic carbocycles. The Kier molecular flexibility index (Phi) is 5.53. The van der Waals surface area contributed by atoms with Crippen LogP contribution in [0, 0.1) is 17.3 Å².